The summed E-state index contributed by atoms with van der Waals surface area (Å²) in [4.78, 5) is 10.7. The first-order chi connectivity index (χ1) is 10.1. The molecular weight excluding hydrogens is 264 g/mol. The zero-order valence-electron chi connectivity index (χ0n) is 13.2. The van der Waals surface area contributed by atoms with Crippen molar-refractivity contribution in [2.75, 3.05) is 26.4 Å². The number of benzene rings is 1. The molecule has 0 aliphatic carbocycles. The summed E-state index contributed by atoms with van der Waals surface area (Å²) in [5.74, 6) is 0.902. The molecule has 0 bridgehead atoms. The molecule has 1 aromatic carbocycles. The number of nitrogens with zero attached hydrogens (tertiary/aromatic N) is 3. The van der Waals surface area contributed by atoms with Crippen LogP contribution in [0.15, 0.2) is 22.1 Å². The molecular formula is C16H24N4O. The van der Waals surface area contributed by atoms with Gasteiger partial charge in [0.15, 0.2) is 6.17 Å². The lowest BCUT2D eigenvalue weighted by Crippen LogP contribution is -2.29. The molecule has 0 amide bonds. The van der Waals surface area contributed by atoms with Gasteiger partial charge in [0, 0.05) is 42.7 Å². The van der Waals surface area contributed by atoms with Crippen molar-refractivity contribution in [3.8, 4) is 5.75 Å². The Bertz CT molecular complexity index is 539. The van der Waals surface area contributed by atoms with E-state index in [4.69, 9.17) is 10.5 Å². The molecule has 5 nitrogen and oxygen atoms in total. The minimum absolute atomic E-state index is 0.182. The fraction of sp³-hybridized carbons (Fsp3) is 0.500. The van der Waals surface area contributed by atoms with Gasteiger partial charge in [0.1, 0.15) is 11.9 Å². The largest absolute Gasteiger partial charge is 0.488 e. The second-order valence-corrected chi connectivity index (χ2v) is 5.27. The molecule has 1 atom stereocenters. The van der Waals surface area contributed by atoms with Gasteiger partial charge in [-0.2, -0.15) is 0 Å². The Morgan fingerprint density at radius 1 is 1.24 bits per heavy atom. The van der Waals surface area contributed by atoms with E-state index in [0.717, 1.165) is 24.3 Å². The molecule has 2 N–H and O–H groups in total. The standard InChI is InChI=1S/C14H18N4O.C2H6/c1-18(2)8-10-5-9-6-11(14-16-3-4-17-14)12(15)7-13(9)19-10;1-2/h3-4,6-7,10,14H,5,8,15H2,1-2H3;1-2H3. The SMILES string of the molecule is CC.CN(C)CC1Cc2cc(C3N=CC=N3)c(N)cc2O1. The van der Waals surface area contributed by atoms with Crippen LogP contribution in [-0.4, -0.2) is 44.1 Å². The Morgan fingerprint density at radius 3 is 2.52 bits per heavy atom. The summed E-state index contributed by atoms with van der Waals surface area (Å²) in [5, 5.41) is 0. The zero-order chi connectivity index (χ0) is 15.4. The highest BCUT2D eigenvalue weighted by atomic mass is 16.5. The van der Waals surface area contributed by atoms with Crippen LogP contribution in [-0.2, 0) is 6.42 Å². The first kappa shape index (κ1) is 15.5. The highest BCUT2D eigenvalue weighted by Crippen LogP contribution is 2.36. The summed E-state index contributed by atoms with van der Waals surface area (Å²) < 4.78 is 5.92. The van der Waals surface area contributed by atoms with Crippen molar-refractivity contribution in [3.63, 3.8) is 0 Å². The van der Waals surface area contributed by atoms with Gasteiger partial charge in [-0.1, -0.05) is 13.8 Å². The van der Waals surface area contributed by atoms with Crippen molar-refractivity contribution in [3.05, 3.63) is 23.3 Å². The van der Waals surface area contributed by atoms with Crippen LogP contribution >= 0.6 is 0 Å². The summed E-state index contributed by atoms with van der Waals surface area (Å²) in [7, 11) is 4.10. The first-order valence-corrected chi connectivity index (χ1v) is 7.42. The maximum absolute atomic E-state index is 6.08. The molecule has 3 rings (SSSR count). The summed E-state index contributed by atoms with van der Waals surface area (Å²) in [6.45, 7) is 4.91. The highest BCUT2D eigenvalue weighted by Gasteiger charge is 2.26. The average molecular weight is 288 g/mol. The van der Waals surface area contributed by atoms with Crippen LogP contribution in [0.2, 0.25) is 0 Å². The van der Waals surface area contributed by atoms with Gasteiger partial charge < -0.3 is 15.4 Å². The monoisotopic (exact) mass is 288 g/mol. The number of nitrogen functional groups attached to an aromatic ring is 1. The molecule has 1 aromatic rings. The van der Waals surface area contributed by atoms with Crippen molar-refractivity contribution in [1.82, 2.24) is 4.90 Å². The summed E-state index contributed by atoms with van der Waals surface area (Å²) in [5.41, 5.74) is 8.95. The average Bonchev–Trinajstić information content (AvgIpc) is 3.07. The topological polar surface area (TPSA) is 63.2 Å². The normalized spacial score (nSPS) is 19.4. The first-order valence-electron chi connectivity index (χ1n) is 7.42. The minimum atomic E-state index is -0.182. The summed E-state index contributed by atoms with van der Waals surface area (Å²) in [6, 6.07) is 3.99. The van der Waals surface area contributed by atoms with Crippen LogP contribution in [0, 0.1) is 0 Å². The Balaban J connectivity index is 0.000000774. The number of aliphatic imine (C=N–C) groups is 2. The maximum atomic E-state index is 6.08. The van der Waals surface area contributed by atoms with E-state index in [1.165, 1.54) is 5.56 Å². The van der Waals surface area contributed by atoms with Gasteiger partial charge in [-0.05, 0) is 25.7 Å². The predicted octanol–water partition coefficient (Wildman–Crippen LogP) is 2.31. The van der Waals surface area contributed by atoms with Crippen LogP contribution in [0.5, 0.6) is 5.75 Å². The third-order valence-corrected chi connectivity index (χ3v) is 3.38. The second kappa shape index (κ2) is 6.72. The van der Waals surface area contributed by atoms with E-state index < -0.39 is 0 Å². The van der Waals surface area contributed by atoms with Crippen LogP contribution in [0.4, 0.5) is 5.69 Å². The minimum Gasteiger partial charge on any atom is -0.488 e. The Kier molecular flexibility index (Phi) is 4.96. The van der Waals surface area contributed by atoms with Gasteiger partial charge in [-0.15, -0.1) is 0 Å². The lowest BCUT2D eigenvalue weighted by Gasteiger charge is -2.15. The van der Waals surface area contributed by atoms with E-state index in [-0.39, 0.29) is 12.3 Å². The Labute approximate surface area is 126 Å². The van der Waals surface area contributed by atoms with E-state index in [1.807, 2.05) is 34.0 Å². The molecule has 2 aliphatic rings. The molecule has 0 aromatic heterocycles. The van der Waals surface area contributed by atoms with Crippen molar-refractivity contribution in [2.45, 2.75) is 32.5 Å². The second-order valence-electron chi connectivity index (χ2n) is 5.27. The number of hydrogen-bond donors (Lipinski definition) is 1. The molecule has 0 radical (unpaired) electrons. The molecule has 21 heavy (non-hydrogen) atoms. The number of fused-ring (bicyclic) bond motifs is 1. The molecule has 114 valence electrons. The van der Waals surface area contributed by atoms with Crippen LogP contribution in [0.1, 0.15) is 31.1 Å². The van der Waals surface area contributed by atoms with Gasteiger partial charge >= 0.3 is 0 Å². The van der Waals surface area contributed by atoms with Crippen molar-refractivity contribution >= 4 is 18.1 Å². The highest BCUT2D eigenvalue weighted by molar-refractivity contribution is 6.17. The fourth-order valence-electron chi connectivity index (χ4n) is 2.57. The fourth-order valence-corrected chi connectivity index (χ4v) is 2.57. The molecule has 2 aliphatic heterocycles. The molecule has 0 spiro atoms. The van der Waals surface area contributed by atoms with E-state index in [1.54, 1.807) is 12.4 Å². The third-order valence-electron chi connectivity index (χ3n) is 3.38. The van der Waals surface area contributed by atoms with Crippen molar-refractivity contribution in [1.29, 1.82) is 0 Å². The number of likely N-dealkylation sites (N-methyl/N-ethyl adjacent to an activating group) is 1. The van der Waals surface area contributed by atoms with Gasteiger partial charge in [0.2, 0.25) is 0 Å². The van der Waals surface area contributed by atoms with Gasteiger partial charge in [0.05, 0.1) is 0 Å². The van der Waals surface area contributed by atoms with E-state index >= 15 is 0 Å². The van der Waals surface area contributed by atoms with Crippen LogP contribution in [0.25, 0.3) is 0 Å². The summed E-state index contributed by atoms with van der Waals surface area (Å²) >= 11 is 0. The Morgan fingerprint density at radius 2 is 1.90 bits per heavy atom. The number of nitrogens with two attached hydrogens (primary N) is 1. The molecule has 2 heterocycles. The maximum Gasteiger partial charge on any atom is 0.167 e. The van der Waals surface area contributed by atoms with Crippen LogP contribution < -0.4 is 10.5 Å². The predicted molar refractivity (Wildman–Crippen MR) is 88.6 cm³/mol. The lowest BCUT2D eigenvalue weighted by atomic mass is 10.0. The van der Waals surface area contributed by atoms with Gasteiger partial charge in [-0.3, -0.25) is 9.98 Å². The number of ether oxygens (including phenoxy) is 1. The number of rotatable bonds is 3. The van der Waals surface area contributed by atoms with Gasteiger partial charge in [0.25, 0.3) is 0 Å². The zero-order valence-corrected chi connectivity index (χ0v) is 13.2. The quantitative estimate of drug-likeness (QED) is 0.868. The molecule has 1 unspecified atom stereocenters. The van der Waals surface area contributed by atoms with E-state index in [2.05, 4.69) is 21.0 Å². The Hall–Kier alpha value is -1.88. The number of anilines is 1. The lowest BCUT2D eigenvalue weighted by molar-refractivity contribution is 0.184. The van der Waals surface area contributed by atoms with Crippen molar-refractivity contribution < 1.29 is 4.74 Å². The number of hydrogen-bond acceptors (Lipinski definition) is 5. The molecule has 0 fully saturated rings. The summed E-state index contributed by atoms with van der Waals surface area (Å²) in [6.07, 6.45) is 4.36. The smallest absolute Gasteiger partial charge is 0.167 e. The van der Waals surface area contributed by atoms with Crippen LogP contribution in [0.3, 0.4) is 0 Å². The molecule has 5 heteroatoms. The third kappa shape index (κ3) is 3.42. The van der Waals surface area contributed by atoms with E-state index in [9.17, 15) is 0 Å². The van der Waals surface area contributed by atoms with E-state index in [0.29, 0.717) is 5.69 Å². The molecule has 0 saturated carbocycles. The van der Waals surface area contributed by atoms with Crippen molar-refractivity contribution in [2.24, 2.45) is 9.98 Å². The van der Waals surface area contributed by atoms with Gasteiger partial charge in [-0.25, -0.2) is 0 Å². The molecule has 0 saturated heterocycles.